The van der Waals surface area contributed by atoms with Gasteiger partial charge in [0.25, 0.3) is 0 Å². The van der Waals surface area contributed by atoms with Crippen molar-refractivity contribution in [1.82, 2.24) is 0 Å². The summed E-state index contributed by atoms with van der Waals surface area (Å²) in [5.41, 5.74) is 0. The molecule has 0 radical (unpaired) electrons. The highest BCUT2D eigenvalue weighted by Gasteiger charge is 2.32. The number of hydrogen-bond donors (Lipinski definition) is 0. The Hall–Kier alpha value is -1.05. The van der Waals surface area contributed by atoms with E-state index in [1.54, 1.807) is 0 Å². The van der Waals surface area contributed by atoms with Crippen LogP contribution in [0, 0.1) is 17.8 Å². The fourth-order valence-electron chi connectivity index (χ4n) is 2.14. The maximum atomic E-state index is 10.7. The smallest absolute Gasteiger partial charge is 0.302 e. The van der Waals surface area contributed by atoms with Gasteiger partial charge >= 0.3 is 5.97 Å². The van der Waals surface area contributed by atoms with Gasteiger partial charge in [-0.15, -0.1) is 0 Å². The van der Waals surface area contributed by atoms with Gasteiger partial charge < -0.3 is 4.74 Å². The summed E-state index contributed by atoms with van der Waals surface area (Å²) in [4.78, 5) is 10.7. The minimum atomic E-state index is -0.172. The van der Waals surface area contributed by atoms with Crippen LogP contribution in [0.1, 0.15) is 13.3 Å². The number of rotatable bonds is 2. The molecule has 0 N–H and O–H groups in total. The van der Waals surface area contributed by atoms with Gasteiger partial charge in [-0.25, -0.2) is 0 Å². The van der Waals surface area contributed by atoms with Crippen molar-refractivity contribution >= 4 is 5.97 Å². The number of fused-ring (bicyclic) bond motifs is 2. The van der Waals surface area contributed by atoms with Crippen molar-refractivity contribution in [2.24, 2.45) is 17.8 Å². The van der Waals surface area contributed by atoms with Crippen molar-refractivity contribution in [3.8, 4) is 0 Å². The number of allylic oxidation sites excluding steroid dienone is 4. The van der Waals surface area contributed by atoms with Gasteiger partial charge in [-0.2, -0.15) is 0 Å². The lowest BCUT2D eigenvalue weighted by atomic mass is 9.82. The summed E-state index contributed by atoms with van der Waals surface area (Å²) in [6.07, 6.45) is 10.0. The molecule has 2 rings (SSSR count). The van der Waals surface area contributed by atoms with Crippen molar-refractivity contribution in [1.29, 1.82) is 0 Å². The van der Waals surface area contributed by atoms with E-state index >= 15 is 0 Å². The Balaban J connectivity index is 1.95. The van der Waals surface area contributed by atoms with Gasteiger partial charge in [-0.3, -0.25) is 4.79 Å². The highest BCUT2D eigenvalue weighted by atomic mass is 16.5. The Morgan fingerprint density at radius 1 is 1.46 bits per heavy atom. The van der Waals surface area contributed by atoms with Gasteiger partial charge in [0.1, 0.15) is 0 Å². The maximum Gasteiger partial charge on any atom is 0.302 e. The number of esters is 1. The van der Waals surface area contributed by atoms with E-state index in [2.05, 4.69) is 24.3 Å². The molecule has 0 aromatic heterocycles. The molecular weight excluding hydrogens is 164 g/mol. The van der Waals surface area contributed by atoms with Crippen molar-refractivity contribution in [2.45, 2.75) is 13.3 Å². The van der Waals surface area contributed by atoms with E-state index in [9.17, 15) is 4.79 Å². The fraction of sp³-hybridized carbons (Fsp3) is 0.545. The first-order valence-corrected chi connectivity index (χ1v) is 4.76. The normalized spacial score (nSPS) is 35.0. The van der Waals surface area contributed by atoms with E-state index in [0.717, 1.165) is 6.42 Å². The lowest BCUT2D eigenvalue weighted by molar-refractivity contribution is -0.142. The van der Waals surface area contributed by atoms with Crippen molar-refractivity contribution in [3.63, 3.8) is 0 Å². The summed E-state index contributed by atoms with van der Waals surface area (Å²) in [5, 5.41) is 0. The zero-order valence-corrected chi connectivity index (χ0v) is 7.77. The van der Waals surface area contributed by atoms with Crippen LogP contribution in [0.25, 0.3) is 0 Å². The first-order chi connectivity index (χ1) is 6.27. The molecule has 0 fully saturated rings. The Morgan fingerprint density at radius 2 is 2.31 bits per heavy atom. The standard InChI is InChI=1S/C11H14O2/c1-8(12)13-7-11-9-3-2-4-10(11)6-5-9/h2-3,5-6,9-11H,4,7H2,1H3/t9-,10+,11-/m1/s1. The van der Waals surface area contributed by atoms with Crippen LogP contribution in [0.4, 0.5) is 0 Å². The van der Waals surface area contributed by atoms with Crippen LogP contribution in [0.5, 0.6) is 0 Å². The zero-order chi connectivity index (χ0) is 9.26. The Bertz CT molecular complexity index is 263. The first-order valence-electron chi connectivity index (χ1n) is 4.76. The summed E-state index contributed by atoms with van der Waals surface area (Å²) in [6.45, 7) is 2.04. The topological polar surface area (TPSA) is 26.3 Å². The quantitative estimate of drug-likeness (QED) is 0.477. The first kappa shape index (κ1) is 8.54. The van der Waals surface area contributed by atoms with Crippen LogP contribution >= 0.6 is 0 Å². The average molecular weight is 178 g/mol. The molecule has 2 bridgehead atoms. The van der Waals surface area contributed by atoms with Crippen LogP contribution in [-0.4, -0.2) is 12.6 Å². The van der Waals surface area contributed by atoms with Crippen LogP contribution in [-0.2, 0) is 9.53 Å². The summed E-state index contributed by atoms with van der Waals surface area (Å²) >= 11 is 0. The largest absolute Gasteiger partial charge is 0.466 e. The molecule has 13 heavy (non-hydrogen) atoms. The highest BCUT2D eigenvalue weighted by molar-refractivity contribution is 5.65. The van der Waals surface area contributed by atoms with Gasteiger partial charge in [0, 0.05) is 18.8 Å². The van der Waals surface area contributed by atoms with Crippen LogP contribution < -0.4 is 0 Å². The molecule has 3 atom stereocenters. The number of carbonyl (C=O) groups excluding carboxylic acids is 1. The number of carbonyl (C=O) groups is 1. The maximum absolute atomic E-state index is 10.7. The molecule has 0 amide bonds. The lowest BCUT2D eigenvalue weighted by Gasteiger charge is -2.25. The van der Waals surface area contributed by atoms with E-state index in [-0.39, 0.29) is 5.97 Å². The molecule has 0 heterocycles. The molecule has 2 aliphatic rings. The molecule has 2 aliphatic carbocycles. The van der Waals surface area contributed by atoms with Crippen molar-refractivity contribution < 1.29 is 9.53 Å². The molecule has 70 valence electrons. The Labute approximate surface area is 78.3 Å². The van der Waals surface area contributed by atoms with E-state index in [1.165, 1.54) is 6.92 Å². The van der Waals surface area contributed by atoms with Gasteiger partial charge in [0.05, 0.1) is 6.61 Å². The zero-order valence-electron chi connectivity index (χ0n) is 7.77. The fourth-order valence-corrected chi connectivity index (χ4v) is 2.14. The molecule has 0 aromatic carbocycles. The molecule has 0 aromatic rings. The third-order valence-corrected chi connectivity index (χ3v) is 2.87. The van der Waals surface area contributed by atoms with Crippen LogP contribution in [0.15, 0.2) is 24.3 Å². The molecule has 2 heteroatoms. The molecule has 0 aliphatic heterocycles. The van der Waals surface area contributed by atoms with E-state index < -0.39 is 0 Å². The van der Waals surface area contributed by atoms with E-state index in [0.29, 0.717) is 24.4 Å². The summed E-state index contributed by atoms with van der Waals surface area (Å²) in [7, 11) is 0. The Kier molecular flexibility index (Phi) is 2.21. The second-order valence-electron chi connectivity index (χ2n) is 3.76. The van der Waals surface area contributed by atoms with E-state index in [1.807, 2.05) is 0 Å². The molecule has 2 nitrogen and oxygen atoms in total. The van der Waals surface area contributed by atoms with Gasteiger partial charge in [0.2, 0.25) is 0 Å². The molecule has 0 spiro atoms. The van der Waals surface area contributed by atoms with Crippen molar-refractivity contribution in [3.05, 3.63) is 24.3 Å². The van der Waals surface area contributed by atoms with Gasteiger partial charge in [-0.1, -0.05) is 24.3 Å². The second-order valence-corrected chi connectivity index (χ2v) is 3.76. The van der Waals surface area contributed by atoms with Crippen molar-refractivity contribution in [2.75, 3.05) is 6.61 Å². The molecular formula is C11H14O2. The summed E-state index contributed by atoms with van der Waals surface area (Å²) < 4.78 is 5.05. The monoisotopic (exact) mass is 178 g/mol. The third kappa shape index (κ3) is 1.67. The van der Waals surface area contributed by atoms with E-state index in [4.69, 9.17) is 4.74 Å². The van der Waals surface area contributed by atoms with Crippen LogP contribution in [0.2, 0.25) is 0 Å². The molecule has 0 unspecified atom stereocenters. The predicted molar refractivity (Wildman–Crippen MR) is 50.0 cm³/mol. The third-order valence-electron chi connectivity index (χ3n) is 2.87. The van der Waals surface area contributed by atoms with Gasteiger partial charge in [-0.05, 0) is 12.3 Å². The SMILES string of the molecule is CC(=O)OC[C@@H]1[C@@H]2C=CC[C@H]1C=C2. The predicted octanol–water partition coefficient (Wildman–Crippen LogP) is 1.93. The van der Waals surface area contributed by atoms with Crippen LogP contribution in [0.3, 0.4) is 0 Å². The summed E-state index contributed by atoms with van der Waals surface area (Å²) in [6, 6.07) is 0. The minimum absolute atomic E-state index is 0.172. The second kappa shape index (κ2) is 3.36. The molecule has 0 saturated heterocycles. The Morgan fingerprint density at radius 3 is 3.00 bits per heavy atom. The number of ether oxygens (including phenoxy) is 1. The minimum Gasteiger partial charge on any atom is -0.466 e. The highest BCUT2D eigenvalue weighted by Crippen LogP contribution is 2.38. The molecule has 0 saturated carbocycles. The summed E-state index contributed by atoms with van der Waals surface area (Å²) in [5.74, 6) is 1.41. The van der Waals surface area contributed by atoms with Gasteiger partial charge in [0.15, 0.2) is 0 Å². The lowest BCUT2D eigenvalue weighted by Crippen LogP contribution is -2.24. The average Bonchev–Trinajstić information content (AvgIpc) is 2.34. The number of hydrogen-bond acceptors (Lipinski definition) is 2.